The number of rotatable bonds is 8. The third-order valence-electron chi connectivity index (χ3n) is 7.21. The van der Waals surface area contributed by atoms with Crippen molar-refractivity contribution in [1.82, 2.24) is 9.78 Å². The van der Waals surface area contributed by atoms with Gasteiger partial charge in [0.15, 0.2) is 0 Å². The van der Waals surface area contributed by atoms with E-state index in [1.54, 1.807) is 24.3 Å². The summed E-state index contributed by atoms with van der Waals surface area (Å²) in [5.74, 6) is -3.19. The van der Waals surface area contributed by atoms with Crippen LogP contribution in [0, 0.1) is 0 Å². The summed E-state index contributed by atoms with van der Waals surface area (Å²) in [5, 5.41) is 36.5. The van der Waals surface area contributed by atoms with Gasteiger partial charge in [-0.15, -0.1) is 5.10 Å². The fraction of sp³-hybridized carbons (Fsp3) is 0.556. The number of nitrogens with zero attached hydrogens (tertiary/aromatic N) is 2. The van der Waals surface area contributed by atoms with Crippen molar-refractivity contribution in [2.45, 2.75) is 75.3 Å². The molecule has 13 heteroatoms. The minimum Gasteiger partial charge on any atom is -0.438 e. The van der Waals surface area contributed by atoms with Gasteiger partial charge < -0.3 is 34.3 Å². The molecule has 1 aliphatic carbocycles. The Balaban J connectivity index is 1.69. The topological polar surface area (TPSA) is 133 Å². The van der Waals surface area contributed by atoms with Gasteiger partial charge >= 0.3 is 12.3 Å². The summed E-state index contributed by atoms with van der Waals surface area (Å²) in [4.78, 5) is 11.2. The number of ether oxygens (including phenoxy) is 4. The molecule has 4 atom stereocenters. The summed E-state index contributed by atoms with van der Waals surface area (Å²) >= 11 is 0. The number of benzene rings is 1. The smallest absolute Gasteiger partial charge is 0.438 e. The highest BCUT2D eigenvalue weighted by molar-refractivity contribution is 5.61. The van der Waals surface area contributed by atoms with E-state index in [2.05, 4.69) is 16.4 Å². The Hall–Kier alpha value is -3.13. The van der Waals surface area contributed by atoms with Crippen molar-refractivity contribution >= 4 is 11.7 Å². The average molecular weight is 571 g/mol. The van der Waals surface area contributed by atoms with Crippen molar-refractivity contribution in [3.8, 4) is 5.88 Å². The van der Waals surface area contributed by atoms with E-state index in [4.69, 9.17) is 14.2 Å². The standard InChI is InChI=1S/C27H33F3N2O8/c1-15(2)17-10-8-16(9-11-17)12-19-22(27(28,29)30)32(18-6-4-5-7-18)31-24(19)40-26(36)14-39-20(21(33)23(26)34)13-38-25(35)37-3/h8-11,18,20-21,23,33-34,36H,1,4-7,12-14H2,2-3H3/t20-,21?,23?,26?/m1/s1. The van der Waals surface area contributed by atoms with E-state index in [1.807, 2.05) is 6.92 Å². The highest BCUT2D eigenvalue weighted by Gasteiger charge is 2.52. The number of aromatic nitrogens is 2. The molecular formula is C27H33F3N2O8. The molecule has 40 heavy (non-hydrogen) atoms. The van der Waals surface area contributed by atoms with Crippen LogP contribution in [0.5, 0.6) is 5.88 Å². The third kappa shape index (κ3) is 6.27. The number of allylic oxidation sites excluding steroid dienone is 1. The summed E-state index contributed by atoms with van der Waals surface area (Å²) in [6.07, 6.45) is -8.74. The molecule has 2 fully saturated rings. The van der Waals surface area contributed by atoms with Crippen LogP contribution < -0.4 is 4.74 Å². The zero-order valence-corrected chi connectivity index (χ0v) is 22.2. The molecule has 1 saturated carbocycles. The first-order valence-corrected chi connectivity index (χ1v) is 12.9. The molecular weight excluding hydrogens is 537 g/mol. The van der Waals surface area contributed by atoms with Gasteiger partial charge in [0.1, 0.15) is 37.2 Å². The number of carbonyl (C=O) groups is 1. The van der Waals surface area contributed by atoms with Crippen molar-refractivity contribution in [2.75, 3.05) is 20.3 Å². The lowest BCUT2D eigenvalue weighted by Gasteiger charge is -2.42. The van der Waals surface area contributed by atoms with Crippen molar-refractivity contribution < 1.29 is 52.2 Å². The Morgan fingerprint density at radius 1 is 1.23 bits per heavy atom. The lowest BCUT2D eigenvalue weighted by atomic mass is 9.97. The number of halogens is 3. The summed E-state index contributed by atoms with van der Waals surface area (Å²) in [5.41, 5.74) is 0.822. The van der Waals surface area contributed by atoms with Crippen molar-refractivity contribution in [3.63, 3.8) is 0 Å². The highest BCUT2D eigenvalue weighted by Crippen LogP contribution is 2.43. The second-order valence-corrected chi connectivity index (χ2v) is 10.2. The van der Waals surface area contributed by atoms with E-state index in [1.165, 1.54) is 0 Å². The zero-order valence-electron chi connectivity index (χ0n) is 22.2. The van der Waals surface area contributed by atoms with Crippen LogP contribution in [-0.4, -0.2) is 75.7 Å². The number of methoxy groups -OCH3 is 1. The summed E-state index contributed by atoms with van der Waals surface area (Å²) in [6, 6.07) is 6.30. The lowest BCUT2D eigenvalue weighted by Crippen LogP contribution is -2.64. The first-order chi connectivity index (χ1) is 18.8. The van der Waals surface area contributed by atoms with E-state index in [0.29, 0.717) is 18.4 Å². The van der Waals surface area contributed by atoms with Crippen LogP contribution in [0.25, 0.3) is 5.57 Å². The normalized spacial score (nSPS) is 25.6. The van der Waals surface area contributed by atoms with Gasteiger partial charge in [0, 0.05) is 6.42 Å². The predicted octanol–water partition coefficient (Wildman–Crippen LogP) is 3.61. The van der Waals surface area contributed by atoms with E-state index in [0.717, 1.165) is 35.8 Å². The maximum Gasteiger partial charge on any atom is 0.508 e. The summed E-state index contributed by atoms with van der Waals surface area (Å²) < 4.78 is 64.6. The number of hydrogen-bond acceptors (Lipinski definition) is 9. The van der Waals surface area contributed by atoms with Gasteiger partial charge in [-0.3, -0.25) is 4.68 Å². The molecule has 2 aliphatic rings. The van der Waals surface area contributed by atoms with Gasteiger partial charge in [-0.05, 0) is 30.9 Å². The molecule has 1 saturated heterocycles. The number of aliphatic hydroxyl groups excluding tert-OH is 2. The molecule has 1 aromatic heterocycles. The molecule has 10 nitrogen and oxygen atoms in total. The molecule has 2 heterocycles. The van der Waals surface area contributed by atoms with E-state index in [-0.39, 0.29) is 12.0 Å². The minimum absolute atomic E-state index is 0.238. The van der Waals surface area contributed by atoms with Gasteiger partial charge in [0.25, 0.3) is 5.79 Å². The van der Waals surface area contributed by atoms with Gasteiger partial charge in [-0.25, -0.2) is 4.79 Å². The SMILES string of the molecule is C=C(C)c1ccc(Cc2c(OC3(O)CO[C@H](COC(=O)OC)C(O)C3O)nn(C3CCCC3)c2C(F)(F)F)cc1. The lowest BCUT2D eigenvalue weighted by molar-refractivity contribution is -0.308. The van der Waals surface area contributed by atoms with Crippen LogP contribution in [0.2, 0.25) is 0 Å². The van der Waals surface area contributed by atoms with Crippen molar-refractivity contribution in [2.24, 2.45) is 0 Å². The molecule has 4 rings (SSSR count). The maximum atomic E-state index is 14.5. The first-order valence-electron chi connectivity index (χ1n) is 12.9. The third-order valence-corrected chi connectivity index (χ3v) is 7.21. The molecule has 0 amide bonds. The Morgan fingerprint density at radius 3 is 2.45 bits per heavy atom. The zero-order chi connectivity index (χ0) is 29.2. The highest BCUT2D eigenvalue weighted by atomic mass is 19.4. The van der Waals surface area contributed by atoms with Crippen LogP contribution in [-0.2, 0) is 26.8 Å². The van der Waals surface area contributed by atoms with E-state index >= 15 is 0 Å². The van der Waals surface area contributed by atoms with Gasteiger partial charge in [0.2, 0.25) is 5.88 Å². The monoisotopic (exact) mass is 570 g/mol. The quantitative estimate of drug-likeness (QED) is 0.322. The van der Waals surface area contributed by atoms with E-state index < -0.39 is 67.3 Å². The molecule has 1 aromatic carbocycles. The molecule has 3 N–H and O–H groups in total. The molecule has 220 valence electrons. The Labute approximate surface area is 228 Å². The molecule has 1 aliphatic heterocycles. The fourth-order valence-electron chi connectivity index (χ4n) is 5.01. The number of alkyl halides is 3. The molecule has 3 unspecified atom stereocenters. The molecule has 2 aromatic rings. The number of carbonyl (C=O) groups excluding carboxylic acids is 1. The fourth-order valence-corrected chi connectivity index (χ4v) is 5.01. The Kier molecular flexibility index (Phi) is 8.78. The Morgan fingerprint density at radius 2 is 1.88 bits per heavy atom. The summed E-state index contributed by atoms with van der Waals surface area (Å²) in [6.45, 7) is 4.41. The van der Waals surface area contributed by atoms with Crippen LogP contribution in [0.3, 0.4) is 0 Å². The number of aliphatic hydroxyl groups is 3. The second kappa shape index (κ2) is 11.8. The van der Waals surface area contributed by atoms with Crippen LogP contribution in [0.1, 0.15) is 61.0 Å². The Bertz CT molecular complexity index is 1210. The first kappa shape index (κ1) is 29.8. The minimum atomic E-state index is -4.80. The van der Waals surface area contributed by atoms with Gasteiger partial charge in [-0.2, -0.15) is 13.2 Å². The maximum absolute atomic E-state index is 14.5. The van der Waals surface area contributed by atoms with Crippen molar-refractivity contribution in [3.05, 3.63) is 53.2 Å². The summed E-state index contributed by atoms with van der Waals surface area (Å²) in [7, 11) is 1.08. The second-order valence-electron chi connectivity index (χ2n) is 10.2. The van der Waals surface area contributed by atoms with Gasteiger partial charge in [0.05, 0.1) is 18.7 Å². The van der Waals surface area contributed by atoms with Crippen molar-refractivity contribution in [1.29, 1.82) is 0 Å². The van der Waals surface area contributed by atoms with Gasteiger partial charge in [-0.1, -0.05) is 49.3 Å². The predicted molar refractivity (Wildman–Crippen MR) is 134 cm³/mol. The van der Waals surface area contributed by atoms with E-state index in [9.17, 15) is 33.3 Å². The van der Waals surface area contributed by atoms with Crippen LogP contribution >= 0.6 is 0 Å². The van der Waals surface area contributed by atoms with Crippen LogP contribution in [0.4, 0.5) is 18.0 Å². The largest absolute Gasteiger partial charge is 0.508 e. The average Bonchev–Trinajstić information content (AvgIpc) is 3.55. The molecule has 0 spiro atoms. The molecule has 0 bridgehead atoms. The van der Waals surface area contributed by atoms with Crippen LogP contribution in [0.15, 0.2) is 30.8 Å². The molecule has 0 radical (unpaired) electrons. The number of hydrogen-bond donors (Lipinski definition) is 3.